The number of imidazole rings is 1. The summed E-state index contributed by atoms with van der Waals surface area (Å²) in [6, 6.07) is 30.1. The molecule has 3 heterocycles. The fourth-order valence-electron chi connectivity index (χ4n) is 5.92. The molecule has 0 spiro atoms. The zero-order valence-electron chi connectivity index (χ0n) is 26.4. The Bertz CT molecular complexity index is 1740. The van der Waals surface area contributed by atoms with Gasteiger partial charge in [0.05, 0.1) is 19.9 Å². The van der Waals surface area contributed by atoms with E-state index in [0.29, 0.717) is 42.6 Å². The zero-order chi connectivity index (χ0) is 31.7. The fourth-order valence-corrected chi connectivity index (χ4v) is 5.92. The van der Waals surface area contributed by atoms with Gasteiger partial charge in [0, 0.05) is 63.5 Å². The summed E-state index contributed by atoms with van der Waals surface area (Å²) in [5, 5.41) is 0. The molecule has 0 saturated carbocycles. The van der Waals surface area contributed by atoms with Crippen LogP contribution in [0.25, 0.3) is 11.7 Å². The second-order valence-electron chi connectivity index (χ2n) is 11.4. The van der Waals surface area contributed by atoms with Gasteiger partial charge < -0.3 is 23.5 Å². The van der Waals surface area contributed by atoms with Crippen LogP contribution in [0.4, 0.5) is 0 Å². The Morgan fingerprint density at radius 2 is 1.57 bits per heavy atom. The molecule has 8 heteroatoms. The van der Waals surface area contributed by atoms with Gasteiger partial charge in [0.25, 0.3) is 0 Å². The van der Waals surface area contributed by atoms with Crippen LogP contribution in [0.1, 0.15) is 34.7 Å². The molecule has 1 amide bonds. The number of amides is 1. The van der Waals surface area contributed by atoms with Gasteiger partial charge in [0.2, 0.25) is 5.91 Å². The lowest BCUT2D eigenvalue weighted by Crippen LogP contribution is -2.48. The minimum Gasteiger partial charge on any atom is -0.497 e. The van der Waals surface area contributed by atoms with Crippen molar-refractivity contribution in [3.8, 4) is 17.2 Å². The number of nitrogens with zero attached hydrogens (tertiary/aromatic N) is 4. The molecule has 5 aromatic rings. The fraction of sp³-hybridized carbons (Fsp3) is 0.263. The van der Waals surface area contributed by atoms with E-state index in [2.05, 4.69) is 29.2 Å². The standard InChI is InChI=1S/C38H40N4O4/c1-44-32-23-31(24-33(25-32)45-2)34(26-37(43)41-21-19-40(20-22-41)17-9-15-29-11-5-3-6-12-29)35-27-39-38-36(16-10-18-42(35)38)46-28-30-13-7-4-8-14-30/h3-16,18,23-25,27,34H,17,19-22,26,28H2,1-2H3. The summed E-state index contributed by atoms with van der Waals surface area (Å²) >= 11 is 0. The van der Waals surface area contributed by atoms with Crippen molar-refractivity contribution >= 4 is 17.6 Å². The first-order chi connectivity index (χ1) is 22.6. The van der Waals surface area contributed by atoms with E-state index in [0.717, 1.165) is 36.5 Å². The van der Waals surface area contributed by atoms with Crippen LogP contribution < -0.4 is 14.2 Å². The summed E-state index contributed by atoms with van der Waals surface area (Å²) in [7, 11) is 3.27. The van der Waals surface area contributed by atoms with Crippen LogP contribution in [0.2, 0.25) is 0 Å². The molecule has 0 N–H and O–H groups in total. The Labute approximate surface area is 270 Å². The average Bonchev–Trinajstić information content (AvgIpc) is 3.55. The zero-order valence-corrected chi connectivity index (χ0v) is 26.4. The number of pyridine rings is 1. The van der Waals surface area contributed by atoms with E-state index in [1.165, 1.54) is 5.56 Å². The smallest absolute Gasteiger partial charge is 0.223 e. The SMILES string of the molecule is COc1cc(OC)cc(C(CC(=O)N2CCN(CC=Cc3ccccc3)CC2)c2cnc3c(OCc4ccccc4)cccn23)c1. The van der Waals surface area contributed by atoms with Crippen LogP contribution >= 0.6 is 0 Å². The van der Waals surface area contributed by atoms with Crippen LogP contribution in [0.15, 0.2) is 109 Å². The minimum absolute atomic E-state index is 0.109. The highest BCUT2D eigenvalue weighted by Gasteiger charge is 2.28. The number of fused-ring (bicyclic) bond motifs is 1. The summed E-state index contributed by atoms with van der Waals surface area (Å²) in [5.74, 6) is 1.85. The predicted molar refractivity (Wildman–Crippen MR) is 180 cm³/mol. The Morgan fingerprint density at radius 3 is 2.26 bits per heavy atom. The van der Waals surface area contributed by atoms with Crippen LogP contribution in [0.5, 0.6) is 17.2 Å². The molecule has 1 atom stereocenters. The topological polar surface area (TPSA) is 68.5 Å². The normalized spacial score (nSPS) is 14.4. The third-order valence-corrected chi connectivity index (χ3v) is 8.48. The van der Waals surface area contributed by atoms with Crippen molar-refractivity contribution in [2.45, 2.75) is 18.9 Å². The molecule has 0 bridgehead atoms. The van der Waals surface area contributed by atoms with Crippen molar-refractivity contribution < 1.29 is 19.0 Å². The maximum Gasteiger partial charge on any atom is 0.223 e. The van der Waals surface area contributed by atoms with E-state index in [9.17, 15) is 4.79 Å². The average molecular weight is 617 g/mol. The van der Waals surface area contributed by atoms with Crippen molar-refractivity contribution in [3.63, 3.8) is 0 Å². The van der Waals surface area contributed by atoms with E-state index in [1.54, 1.807) is 14.2 Å². The number of aromatic nitrogens is 2. The molecule has 6 rings (SSSR count). The molecule has 236 valence electrons. The summed E-state index contributed by atoms with van der Waals surface area (Å²) in [6.07, 6.45) is 8.46. The van der Waals surface area contributed by atoms with E-state index in [-0.39, 0.29) is 18.2 Å². The molecule has 1 aliphatic heterocycles. The molecule has 0 radical (unpaired) electrons. The largest absolute Gasteiger partial charge is 0.497 e. The number of carbonyl (C=O) groups is 1. The molecular formula is C38H40N4O4. The highest BCUT2D eigenvalue weighted by atomic mass is 16.5. The molecule has 8 nitrogen and oxygen atoms in total. The molecule has 46 heavy (non-hydrogen) atoms. The van der Waals surface area contributed by atoms with Gasteiger partial charge in [-0.1, -0.05) is 72.8 Å². The summed E-state index contributed by atoms with van der Waals surface area (Å²) in [4.78, 5) is 23.1. The molecular weight excluding hydrogens is 576 g/mol. The molecule has 1 fully saturated rings. The van der Waals surface area contributed by atoms with Crippen molar-refractivity contribution in [1.82, 2.24) is 19.2 Å². The summed E-state index contributed by atoms with van der Waals surface area (Å²) in [5.41, 5.74) is 4.80. The van der Waals surface area contributed by atoms with Gasteiger partial charge in [-0.15, -0.1) is 0 Å². The van der Waals surface area contributed by atoms with Crippen LogP contribution in [0, 0.1) is 0 Å². The van der Waals surface area contributed by atoms with Gasteiger partial charge in [-0.3, -0.25) is 9.69 Å². The van der Waals surface area contributed by atoms with Gasteiger partial charge in [-0.05, 0) is 41.0 Å². The highest BCUT2D eigenvalue weighted by molar-refractivity contribution is 5.78. The first-order valence-corrected chi connectivity index (χ1v) is 15.7. The van der Waals surface area contributed by atoms with E-state index in [1.807, 2.05) is 101 Å². The lowest BCUT2D eigenvalue weighted by molar-refractivity contribution is -0.133. The number of ether oxygens (including phenoxy) is 3. The predicted octanol–water partition coefficient (Wildman–Crippen LogP) is 6.31. The van der Waals surface area contributed by atoms with Crippen LogP contribution in [0.3, 0.4) is 0 Å². The van der Waals surface area contributed by atoms with E-state index in [4.69, 9.17) is 19.2 Å². The van der Waals surface area contributed by atoms with Gasteiger partial charge in [0.15, 0.2) is 11.4 Å². The Morgan fingerprint density at radius 1 is 0.870 bits per heavy atom. The third kappa shape index (κ3) is 7.41. The maximum atomic E-state index is 13.9. The van der Waals surface area contributed by atoms with Crippen molar-refractivity contribution in [3.05, 3.63) is 132 Å². The van der Waals surface area contributed by atoms with Crippen LogP contribution in [-0.2, 0) is 11.4 Å². The maximum absolute atomic E-state index is 13.9. The lowest BCUT2D eigenvalue weighted by atomic mass is 9.91. The van der Waals surface area contributed by atoms with E-state index < -0.39 is 0 Å². The summed E-state index contributed by atoms with van der Waals surface area (Å²) in [6.45, 7) is 4.35. The first kappa shape index (κ1) is 30.9. The third-order valence-electron chi connectivity index (χ3n) is 8.48. The monoisotopic (exact) mass is 616 g/mol. The van der Waals surface area contributed by atoms with Crippen molar-refractivity contribution in [2.24, 2.45) is 0 Å². The second-order valence-corrected chi connectivity index (χ2v) is 11.4. The van der Waals surface area contributed by atoms with E-state index >= 15 is 0 Å². The Hall–Kier alpha value is -5.08. The molecule has 2 aromatic heterocycles. The number of hydrogen-bond donors (Lipinski definition) is 0. The molecule has 0 aliphatic carbocycles. The van der Waals surface area contributed by atoms with Gasteiger partial charge >= 0.3 is 0 Å². The Balaban J connectivity index is 1.21. The number of methoxy groups -OCH3 is 2. The quantitative estimate of drug-likeness (QED) is 0.164. The number of benzene rings is 3. The molecule has 1 saturated heterocycles. The minimum atomic E-state index is -0.289. The second kappa shape index (κ2) is 14.8. The molecule has 1 aliphatic rings. The van der Waals surface area contributed by atoms with Crippen molar-refractivity contribution in [1.29, 1.82) is 0 Å². The van der Waals surface area contributed by atoms with Gasteiger partial charge in [0.1, 0.15) is 18.1 Å². The molecule has 1 unspecified atom stereocenters. The molecule has 3 aromatic carbocycles. The Kier molecular flexibility index (Phi) is 9.95. The van der Waals surface area contributed by atoms with Gasteiger partial charge in [-0.25, -0.2) is 4.98 Å². The highest BCUT2D eigenvalue weighted by Crippen LogP contribution is 2.36. The number of carbonyl (C=O) groups excluding carboxylic acids is 1. The lowest BCUT2D eigenvalue weighted by Gasteiger charge is -2.35. The van der Waals surface area contributed by atoms with Crippen LogP contribution in [-0.4, -0.2) is 72.0 Å². The van der Waals surface area contributed by atoms with Gasteiger partial charge in [-0.2, -0.15) is 0 Å². The number of rotatable bonds is 12. The summed E-state index contributed by atoms with van der Waals surface area (Å²) < 4.78 is 19.5. The number of piperazine rings is 1. The van der Waals surface area contributed by atoms with Crippen molar-refractivity contribution in [2.75, 3.05) is 46.9 Å². The number of hydrogen-bond acceptors (Lipinski definition) is 6. The first-order valence-electron chi connectivity index (χ1n) is 15.7.